The van der Waals surface area contributed by atoms with Crippen LogP contribution in [-0.4, -0.2) is 12.7 Å². The molecule has 0 fully saturated rings. The van der Waals surface area contributed by atoms with Gasteiger partial charge in [0.05, 0.1) is 15.7 Å². The number of nitrogens with one attached hydrogen (secondary N) is 1. The maximum absolute atomic E-state index is 12.3. The van der Waals surface area contributed by atoms with Gasteiger partial charge in [-0.25, -0.2) is 0 Å². The monoisotopic (exact) mass is 360 g/mol. The number of nitriles is 1. The van der Waals surface area contributed by atoms with Crippen molar-refractivity contribution in [3.05, 3.63) is 57.6 Å². The Balaban J connectivity index is 1.87. The third kappa shape index (κ3) is 3.30. The third-order valence-electron chi connectivity index (χ3n) is 3.25. The molecular formula is C17H10Cl2N2O3. The van der Waals surface area contributed by atoms with Crippen LogP contribution in [0.15, 0.2) is 42.0 Å². The number of halogens is 2. The summed E-state index contributed by atoms with van der Waals surface area (Å²) in [5.41, 5.74) is 0.883. The van der Waals surface area contributed by atoms with Crippen LogP contribution in [0.2, 0.25) is 10.0 Å². The number of benzene rings is 2. The number of carbonyl (C=O) groups excluding carboxylic acids is 1. The molecule has 0 radical (unpaired) electrons. The molecule has 120 valence electrons. The highest BCUT2D eigenvalue weighted by Crippen LogP contribution is 2.40. The van der Waals surface area contributed by atoms with Crippen LogP contribution in [0, 0.1) is 11.3 Å². The quantitative estimate of drug-likeness (QED) is 0.655. The van der Waals surface area contributed by atoms with Crippen LogP contribution in [0.4, 0.5) is 5.69 Å². The van der Waals surface area contributed by atoms with E-state index in [0.29, 0.717) is 32.8 Å². The van der Waals surface area contributed by atoms with Crippen LogP contribution < -0.4 is 14.8 Å². The number of nitrogens with zero attached hydrogens (tertiary/aromatic N) is 1. The average Bonchev–Trinajstić information content (AvgIpc) is 3.03. The first-order valence-corrected chi connectivity index (χ1v) is 7.61. The molecule has 1 heterocycles. The molecule has 3 rings (SSSR count). The van der Waals surface area contributed by atoms with Crippen LogP contribution in [0.25, 0.3) is 6.08 Å². The molecule has 0 bridgehead atoms. The van der Waals surface area contributed by atoms with Gasteiger partial charge in [-0.2, -0.15) is 5.26 Å². The van der Waals surface area contributed by atoms with Gasteiger partial charge in [-0.15, -0.1) is 0 Å². The molecule has 1 amide bonds. The lowest BCUT2D eigenvalue weighted by Gasteiger charge is -2.06. The first kappa shape index (κ1) is 16.2. The normalized spacial score (nSPS) is 12.6. The summed E-state index contributed by atoms with van der Waals surface area (Å²) in [5.74, 6) is 0.352. The molecule has 0 spiro atoms. The van der Waals surface area contributed by atoms with E-state index in [2.05, 4.69) is 5.32 Å². The van der Waals surface area contributed by atoms with Crippen LogP contribution in [-0.2, 0) is 4.79 Å². The van der Waals surface area contributed by atoms with E-state index < -0.39 is 5.91 Å². The molecule has 0 saturated heterocycles. The summed E-state index contributed by atoms with van der Waals surface area (Å²) in [5, 5.41) is 12.6. The van der Waals surface area contributed by atoms with Crippen molar-refractivity contribution in [1.82, 2.24) is 0 Å². The van der Waals surface area contributed by atoms with Crippen molar-refractivity contribution in [3.63, 3.8) is 0 Å². The van der Waals surface area contributed by atoms with Crippen molar-refractivity contribution in [1.29, 1.82) is 5.26 Å². The highest BCUT2D eigenvalue weighted by molar-refractivity contribution is 6.34. The highest BCUT2D eigenvalue weighted by atomic mass is 35.5. The van der Waals surface area contributed by atoms with Crippen molar-refractivity contribution in [2.45, 2.75) is 0 Å². The SMILES string of the molecule is N#C/C(=C\c1cc(Cl)c2c(c1)OCO2)C(=O)Nc1ccccc1Cl. The summed E-state index contributed by atoms with van der Waals surface area (Å²) in [6.45, 7) is 0.0837. The minimum atomic E-state index is -0.570. The van der Waals surface area contributed by atoms with Crippen LogP contribution in [0.3, 0.4) is 0 Å². The maximum atomic E-state index is 12.3. The van der Waals surface area contributed by atoms with Gasteiger partial charge in [0.1, 0.15) is 11.6 Å². The van der Waals surface area contributed by atoms with E-state index in [1.54, 1.807) is 36.4 Å². The second-order valence-electron chi connectivity index (χ2n) is 4.84. The largest absolute Gasteiger partial charge is 0.454 e. The molecule has 0 aromatic heterocycles. The van der Waals surface area contributed by atoms with E-state index in [4.69, 9.17) is 32.7 Å². The van der Waals surface area contributed by atoms with Gasteiger partial charge in [-0.05, 0) is 35.9 Å². The zero-order valence-corrected chi connectivity index (χ0v) is 13.7. The third-order valence-corrected chi connectivity index (χ3v) is 3.86. The lowest BCUT2D eigenvalue weighted by molar-refractivity contribution is -0.112. The smallest absolute Gasteiger partial charge is 0.266 e. The van der Waals surface area contributed by atoms with Crippen molar-refractivity contribution in [3.8, 4) is 17.6 Å². The van der Waals surface area contributed by atoms with Crippen molar-refractivity contribution >= 4 is 40.9 Å². The zero-order chi connectivity index (χ0) is 17.1. The van der Waals surface area contributed by atoms with Gasteiger partial charge in [0, 0.05) is 0 Å². The minimum Gasteiger partial charge on any atom is -0.454 e. The summed E-state index contributed by atoms with van der Waals surface area (Å²) in [6.07, 6.45) is 1.42. The number of amides is 1. The van der Waals surface area contributed by atoms with E-state index >= 15 is 0 Å². The first-order chi connectivity index (χ1) is 11.6. The number of carbonyl (C=O) groups is 1. The van der Waals surface area contributed by atoms with Crippen LogP contribution in [0.1, 0.15) is 5.56 Å². The van der Waals surface area contributed by atoms with Gasteiger partial charge >= 0.3 is 0 Å². The molecule has 1 aliphatic rings. The zero-order valence-electron chi connectivity index (χ0n) is 12.2. The Hall–Kier alpha value is -2.68. The Bertz CT molecular complexity index is 888. The van der Waals surface area contributed by atoms with Gasteiger partial charge in [0.2, 0.25) is 6.79 Å². The molecule has 0 unspecified atom stereocenters. The lowest BCUT2D eigenvalue weighted by Crippen LogP contribution is -2.13. The van der Waals surface area contributed by atoms with E-state index in [1.165, 1.54) is 6.08 Å². The molecule has 0 aliphatic carbocycles. The fourth-order valence-corrected chi connectivity index (χ4v) is 2.59. The second kappa shape index (κ2) is 6.83. The molecule has 2 aromatic carbocycles. The fraction of sp³-hybridized carbons (Fsp3) is 0.0588. The van der Waals surface area contributed by atoms with Gasteiger partial charge in [-0.3, -0.25) is 4.79 Å². The summed E-state index contributed by atoms with van der Waals surface area (Å²) in [4.78, 5) is 12.3. The molecule has 0 atom stereocenters. The van der Waals surface area contributed by atoms with Gasteiger partial charge in [0.25, 0.3) is 5.91 Å². The lowest BCUT2D eigenvalue weighted by atomic mass is 10.1. The molecule has 0 saturated carbocycles. The molecule has 1 aliphatic heterocycles. The second-order valence-corrected chi connectivity index (χ2v) is 5.65. The van der Waals surface area contributed by atoms with Gasteiger partial charge in [0.15, 0.2) is 11.5 Å². The number of para-hydroxylation sites is 1. The molecule has 1 N–H and O–H groups in total. The molecule has 2 aromatic rings. The topological polar surface area (TPSA) is 71.3 Å². The van der Waals surface area contributed by atoms with Crippen molar-refractivity contribution < 1.29 is 14.3 Å². The Labute approximate surface area is 148 Å². The van der Waals surface area contributed by atoms with Gasteiger partial charge < -0.3 is 14.8 Å². The maximum Gasteiger partial charge on any atom is 0.266 e. The van der Waals surface area contributed by atoms with Crippen molar-refractivity contribution in [2.75, 3.05) is 12.1 Å². The summed E-state index contributed by atoms with van der Waals surface area (Å²) in [6, 6.07) is 11.9. The molecule has 7 heteroatoms. The first-order valence-electron chi connectivity index (χ1n) is 6.85. The predicted molar refractivity (Wildman–Crippen MR) is 91.2 cm³/mol. The number of hydrogen-bond acceptors (Lipinski definition) is 4. The highest BCUT2D eigenvalue weighted by Gasteiger charge is 2.19. The minimum absolute atomic E-state index is 0.0837. The number of ether oxygens (including phenoxy) is 2. The Morgan fingerprint density at radius 2 is 2.00 bits per heavy atom. The number of rotatable bonds is 3. The van der Waals surface area contributed by atoms with E-state index in [0.717, 1.165) is 0 Å². The van der Waals surface area contributed by atoms with Gasteiger partial charge in [-0.1, -0.05) is 35.3 Å². The standard InChI is InChI=1S/C17H10Cl2N2O3/c18-12-3-1-2-4-14(12)21-17(22)11(8-20)5-10-6-13(19)16-15(7-10)23-9-24-16/h1-7H,9H2,(H,21,22)/b11-5+. The fourth-order valence-electron chi connectivity index (χ4n) is 2.14. The predicted octanol–water partition coefficient (Wildman–Crippen LogP) is 4.27. The number of hydrogen-bond donors (Lipinski definition) is 1. The van der Waals surface area contributed by atoms with Crippen LogP contribution in [0.5, 0.6) is 11.5 Å². The van der Waals surface area contributed by atoms with E-state index in [-0.39, 0.29) is 12.4 Å². The van der Waals surface area contributed by atoms with Crippen molar-refractivity contribution in [2.24, 2.45) is 0 Å². The number of anilines is 1. The van der Waals surface area contributed by atoms with Crippen LogP contribution >= 0.6 is 23.2 Å². The summed E-state index contributed by atoms with van der Waals surface area (Å²) < 4.78 is 10.5. The Kier molecular flexibility index (Phi) is 4.61. The summed E-state index contributed by atoms with van der Waals surface area (Å²) >= 11 is 12.1. The van der Waals surface area contributed by atoms with E-state index in [1.807, 2.05) is 6.07 Å². The summed E-state index contributed by atoms with van der Waals surface area (Å²) in [7, 11) is 0. The Morgan fingerprint density at radius 3 is 2.75 bits per heavy atom. The molecular weight excluding hydrogens is 351 g/mol. The Morgan fingerprint density at radius 1 is 1.21 bits per heavy atom. The molecule has 5 nitrogen and oxygen atoms in total. The molecule has 24 heavy (non-hydrogen) atoms. The van der Waals surface area contributed by atoms with E-state index in [9.17, 15) is 10.1 Å². The number of fused-ring (bicyclic) bond motifs is 1. The average molecular weight is 361 g/mol.